The highest BCUT2D eigenvalue weighted by molar-refractivity contribution is 5.96. The molecule has 2 heterocycles. The Morgan fingerprint density at radius 2 is 1.76 bits per heavy atom. The van der Waals surface area contributed by atoms with Crippen LogP contribution in [-0.4, -0.2) is 36.9 Å². The topological polar surface area (TPSA) is 121 Å². The number of Topliss-reactive ketones (excluding diaryl/α,β-unsaturated/α-hetero) is 1. The molecule has 1 saturated carbocycles. The minimum absolute atomic E-state index is 0.107. The Kier molecular flexibility index (Phi) is 10.8. The number of carbonyl (C=O) groups excluding carboxylic acids is 3. The highest BCUT2D eigenvalue weighted by Gasteiger charge is 2.48. The van der Waals surface area contributed by atoms with E-state index in [4.69, 9.17) is 18.6 Å². The average molecular weight is 688 g/mol. The monoisotopic (exact) mass is 687 g/mol. The fourth-order valence-electron chi connectivity index (χ4n) is 7.47. The molecule has 1 aliphatic heterocycles. The Balaban J connectivity index is 1.37. The maximum atomic E-state index is 14.0. The maximum absolute atomic E-state index is 14.0. The lowest BCUT2D eigenvalue weighted by Gasteiger charge is -2.47. The lowest BCUT2D eigenvalue weighted by atomic mass is 9.66. The van der Waals surface area contributed by atoms with Crippen molar-refractivity contribution in [2.24, 2.45) is 11.3 Å². The number of fused-ring (bicyclic) bond motifs is 4. The zero-order valence-electron chi connectivity index (χ0n) is 31.0. The number of ketones is 1. The first kappa shape index (κ1) is 37.1. The number of hydrogen-bond acceptors (Lipinski definition) is 8. The zero-order valence-corrected chi connectivity index (χ0v) is 31.0. The summed E-state index contributed by atoms with van der Waals surface area (Å²) in [6, 6.07) is 10.6. The van der Waals surface area contributed by atoms with Crippen molar-refractivity contribution in [1.82, 2.24) is 5.32 Å². The van der Waals surface area contributed by atoms with Gasteiger partial charge in [-0.1, -0.05) is 46.5 Å². The third kappa shape index (κ3) is 7.92. The van der Waals surface area contributed by atoms with Gasteiger partial charge in [0.2, 0.25) is 0 Å². The van der Waals surface area contributed by atoms with Crippen molar-refractivity contribution in [2.75, 3.05) is 13.7 Å². The van der Waals surface area contributed by atoms with Gasteiger partial charge in [-0.15, -0.1) is 0 Å². The van der Waals surface area contributed by atoms with E-state index in [0.29, 0.717) is 41.1 Å². The predicted octanol–water partition coefficient (Wildman–Crippen LogP) is 8.43. The molecule has 0 bridgehead atoms. The van der Waals surface area contributed by atoms with Gasteiger partial charge in [-0.2, -0.15) is 0 Å². The van der Waals surface area contributed by atoms with Crippen molar-refractivity contribution >= 4 is 28.6 Å². The summed E-state index contributed by atoms with van der Waals surface area (Å²) < 4.78 is 23.6. The van der Waals surface area contributed by atoms with Crippen LogP contribution in [0.2, 0.25) is 0 Å². The van der Waals surface area contributed by atoms with Gasteiger partial charge in [0.25, 0.3) is 5.91 Å². The molecular formula is C41H53NO8. The molecule has 2 atom stereocenters. The average Bonchev–Trinajstić information content (AvgIpc) is 3.05. The van der Waals surface area contributed by atoms with Crippen molar-refractivity contribution in [3.63, 3.8) is 0 Å². The van der Waals surface area contributed by atoms with Crippen molar-refractivity contribution in [2.45, 2.75) is 123 Å². The van der Waals surface area contributed by atoms with Crippen LogP contribution in [0.1, 0.15) is 134 Å². The van der Waals surface area contributed by atoms with Gasteiger partial charge in [0.15, 0.2) is 0 Å². The molecule has 1 amide bonds. The molecule has 0 saturated heterocycles. The second-order valence-corrected chi connectivity index (χ2v) is 15.9. The predicted molar refractivity (Wildman–Crippen MR) is 193 cm³/mol. The molecule has 2 aliphatic rings. The number of carbonyl (C=O) groups is 3. The zero-order chi connectivity index (χ0) is 36.4. The Hall–Kier alpha value is -4.14. The third-order valence-electron chi connectivity index (χ3n) is 10.8. The molecule has 3 aromatic rings. The Morgan fingerprint density at radius 3 is 2.48 bits per heavy atom. The van der Waals surface area contributed by atoms with Crippen LogP contribution in [0, 0.1) is 11.3 Å². The largest absolute Gasteiger partial charge is 0.497 e. The summed E-state index contributed by atoms with van der Waals surface area (Å²) in [7, 11) is 1.52. The van der Waals surface area contributed by atoms with Crippen LogP contribution >= 0.6 is 0 Å². The van der Waals surface area contributed by atoms with Crippen LogP contribution in [0.3, 0.4) is 0 Å². The summed E-state index contributed by atoms with van der Waals surface area (Å²) in [5.41, 5.74) is -0.399. The number of methoxy groups -OCH3 is 1. The lowest BCUT2D eigenvalue weighted by Crippen LogP contribution is -2.47. The summed E-state index contributed by atoms with van der Waals surface area (Å²) in [6.45, 7) is 14.5. The fraction of sp³-hybridized carbons (Fsp3) is 0.561. The van der Waals surface area contributed by atoms with Crippen LogP contribution in [0.15, 0.2) is 45.6 Å². The summed E-state index contributed by atoms with van der Waals surface area (Å²) >= 11 is 0. The highest BCUT2D eigenvalue weighted by Crippen LogP contribution is 2.55. The molecule has 50 heavy (non-hydrogen) atoms. The van der Waals surface area contributed by atoms with Crippen molar-refractivity contribution in [1.29, 1.82) is 0 Å². The van der Waals surface area contributed by atoms with Crippen molar-refractivity contribution in [3.05, 3.63) is 63.5 Å². The number of hydrogen-bond donors (Lipinski definition) is 1. The molecule has 1 aromatic heterocycles. The van der Waals surface area contributed by atoms with Gasteiger partial charge in [0.1, 0.15) is 39.8 Å². The molecule has 0 radical (unpaired) electrons. The number of benzene rings is 2. The molecule has 1 fully saturated rings. The lowest BCUT2D eigenvalue weighted by molar-refractivity contribution is -0.144. The number of ether oxygens (including phenoxy) is 3. The second-order valence-electron chi connectivity index (χ2n) is 15.9. The Morgan fingerprint density at radius 1 is 1.00 bits per heavy atom. The molecule has 0 spiro atoms. The molecule has 9 heteroatoms. The van der Waals surface area contributed by atoms with Gasteiger partial charge < -0.3 is 23.9 Å². The maximum Gasteiger partial charge on any atom is 0.349 e. The number of esters is 1. The molecule has 270 valence electrons. The van der Waals surface area contributed by atoms with Crippen LogP contribution in [0.5, 0.6) is 17.2 Å². The van der Waals surface area contributed by atoms with Crippen LogP contribution in [0.4, 0.5) is 0 Å². The van der Waals surface area contributed by atoms with Gasteiger partial charge in [0.05, 0.1) is 12.5 Å². The van der Waals surface area contributed by atoms with E-state index in [0.717, 1.165) is 43.2 Å². The van der Waals surface area contributed by atoms with E-state index in [1.807, 2.05) is 6.07 Å². The smallest absolute Gasteiger partial charge is 0.349 e. The van der Waals surface area contributed by atoms with Gasteiger partial charge in [-0.05, 0) is 88.3 Å². The van der Waals surface area contributed by atoms with Crippen molar-refractivity contribution in [3.8, 4) is 17.2 Å². The van der Waals surface area contributed by atoms with E-state index in [1.54, 1.807) is 32.0 Å². The van der Waals surface area contributed by atoms with E-state index >= 15 is 0 Å². The summed E-state index contributed by atoms with van der Waals surface area (Å²) in [5.74, 6) is 0.841. The van der Waals surface area contributed by atoms with Crippen LogP contribution in [-0.2, 0) is 15.0 Å². The Labute approximate surface area is 295 Å². The number of unbranched alkanes of at least 4 members (excludes halogenated alkanes) is 3. The summed E-state index contributed by atoms with van der Waals surface area (Å²) in [6.07, 6.45) is 7.48. The van der Waals surface area contributed by atoms with Gasteiger partial charge in [-0.3, -0.25) is 14.4 Å². The first-order valence-electron chi connectivity index (χ1n) is 18.1. The van der Waals surface area contributed by atoms with Crippen LogP contribution < -0.4 is 25.2 Å². The SMILES string of the molecule is CCCCCCC(C)(C)c1cc(OC(=O)C(C)(C)CCNC(=O)c2cc3ccc(OC)cc3oc2=O)c2c(c1)OC(C)(C)[C@@H]1CCC(=O)C[C@@H]21. The number of nitrogens with one attached hydrogen (secondary N) is 1. The van der Waals surface area contributed by atoms with E-state index < -0.39 is 28.5 Å². The van der Waals surface area contributed by atoms with Gasteiger partial charge in [0, 0.05) is 48.2 Å². The molecular weight excluding hydrogens is 634 g/mol. The summed E-state index contributed by atoms with van der Waals surface area (Å²) in [5, 5.41) is 3.36. The summed E-state index contributed by atoms with van der Waals surface area (Å²) in [4.78, 5) is 52.4. The third-order valence-corrected chi connectivity index (χ3v) is 10.8. The molecule has 1 aliphatic carbocycles. The molecule has 9 nitrogen and oxygen atoms in total. The van der Waals surface area contributed by atoms with E-state index in [2.05, 4.69) is 46.0 Å². The molecule has 0 unspecified atom stereocenters. The minimum atomic E-state index is -0.993. The quantitative estimate of drug-likeness (QED) is 0.0823. The van der Waals surface area contributed by atoms with Gasteiger partial charge in [-0.25, -0.2) is 4.79 Å². The van der Waals surface area contributed by atoms with E-state index in [1.165, 1.54) is 19.6 Å². The Bertz CT molecular complexity index is 1820. The number of amides is 1. The normalized spacial score (nSPS) is 18.5. The molecule has 1 N–H and O–H groups in total. The number of rotatable bonds is 13. The fourth-order valence-corrected chi connectivity index (χ4v) is 7.47. The first-order chi connectivity index (χ1) is 23.6. The standard InChI is InChI=1S/C41H53NO8/c1-9-10-11-12-17-39(2,3)26-21-33(35-29-23-27(43)14-16-31(29)41(6,7)50-34(35)22-26)49-38(46)40(4,5)18-19-42-36(44)30-20-25-13-15-28(47-8)24-32(25)48-37(30)45/h13,15,20-22,24,29,31H,9-12,14,16-19,23H2,1-8H3,(H,42,44)/t29-,31-/m1/s1. The minimum Gasteiger partial charge on any atom is -0.497 e. The van der Waals surface area contributed by atoms with E-state index in [-0.39, 0.29) is 41.6 Å². The van der Waals surface area contributed by atoms with Crippen molar-refractivity contribution < 1.29 is 33.0 Å². The van der Waals surface area contributed by atoms with Gasteiger partial charge >= 0.3 is 11.6 Å². The highest BCUT2D eigenvalue weighted by atomic mass is 16.5. The first-order valence-corrected chi connectivity index (χ1v) is 18.1. The second kappa shape index (κ2) is 14.6. The molecule has 5 rings (SSSR count). The van der Waals surface area contributed by atoms with E-state index in [9.17, 15) is 19.2 Å². The van der Waals surface area contributed by atoms with Crippen LogP contribution in [0.25, 0.3) is 11.0 Å². The molecule has 2 aromatic carbocycles.